The molecule has 0 saturated carbocycles. The molecule has 0 aliphatic carbocycles. The van der Waals surface area contributed by atoms with E-state index in [2.05, 4.69) is 24.9 Å². The zero-order valence-corrected chi connectivity index (χ0v) is 16.2. The van der Waals surface area contributed by atoms with Gasteiger partial charge in [0.05, 0.1) is 36.5 Å². The molecule has 1 fully saturated rings. The summed E-state index contributed by atoms with van der Waals surface area (Å²) in [4.78, 5) is 20.4. The third kappa shape index (κ3) is 3.13. The fourth-order valence-corrected chi connectivity index (χ4v) is 3.63. The van der Waals surface area contributed by atoms with E-state index in [9.17, 15) is 0 Å². The van der Waals surface area contributed by atoms with Crippen LogP contribution in [-0.2, 0) is 4.74 Å². The third-order valence-corrected chi connectivity index (χ3v) is 4.82. The summed E-state index contributed by atoms with van der Waals surface area (Å²) in [5.74, 6) is 0.273. The second kappa shape index (κ2) is 7.63. The number of benzene rings is 1. The first-order valence-electron chi connectivity index (χ1n) is 9.62. The molecule has 4 heterocycles. The Bertz CT molecular complexity index is 1110. The zero-order valence-electron chi connectivity index (χ0n) is 16.2. The van der Waals surface area contributed by atoms with Crippen LogP contribution in [0.3, 0.4) is 0 Å². The Morgan fingerprint density at radius 3 is 2.86 bits per heavy atom. The summed E-state index contributed by atoms with van der Waals surface area (Å²) in [7, 11) is 0. The molecule has 1 aliphatic heterocycles. The van der Waals surface area contributed by atoms with Gasteiger partial charge in [-0.25, -0.2) is 24.3 Å². The van der Waals surface area contributed by atoms with Crippen molar-refractivity contribution in [1.29, 1.82) is 0 Å². The molecule has 7 nitrogen and oxygen atoms in total. The van der Waals surface area contributed by atoms with Gasteiger partial charge in [0.15, 0.2) is 5.65 Å². The van der Waals surface area contributed by atoms with Crippen LogP contribution >= 0.6 is 0 Å². The van der Waals surface area contributed by atoms with Gasteiger partial charge in [0, 0.05) is 12.2 Å². The lowest BCUT2D eigenvalue weighted by atomic mass is 10.1. The molecule has 8 heteroatoms. The van der Waals surface area contributed by atoms with Crippen molar-refractivity contribution in [3.8, 4) is 11.3 Å². The maximum Gasteiger partial charge on any atom is 0.181 e. The number of halogens is 1. The summed E-state index contributed by atoms with van der Waals surface area (Å²) in [5.41, 5.74) is 3.65. The number of aryl methyl sites for hydroxylation is 1. The summed E-state index contributed by atoms with van der Waals surface area (Å²) < 4.78 is 22.5. The Hall–Kier alpha value is -2.87. The molecular formula is C20H23FN6O. The molecule has 1 saturated heterocycles. The standard InChI is InChI=1S/C18H17FN6O.C2H6/c1-10-23-15(16-18(24-10)21-8-20-16)11-5-13(19)17-14(6-11)22-9-25(17)12-3-2-4-26-7-12;1-2/h5-6,8-9,12H,2-4,7H2,1H3,(H,20,21,23,24);1-2H3. The van der Waals surface area contributed by atoms with E-state index in [1.54, 1.807) is 19.6 Å². The van der Waals surface area contributed by atoms with Crippen LogP contribution in [0, 0.1) is 12.7 Å². The predicted molar refractivity (Wildman–Crippen MR) is 106 cm³/mol. The molecule has 1 aliphatic rings. The van der Waals surface area contributed by atoms with Gasteiger partial charge in [-0.1, -0.05) is 13.8 Å². The number of rotatable bonds is 2. The molecule has 146 valence electrons. The second-order valence-corrected chi connectivity index (χ2v) is 6.57. The SMILES string of the molecule is CC.Cc1nc(-c2cc(F)c3c(c2)ncn3C2CCCOC2)c2[nH]cnc2n1. The van der Waals surface area contributed by atoms with Gasteiger partial charge in [-0.05, 0) is 31.9 Å². The lowest BCUT2D eigenvalue weighted by molar-refractivity contribution is 0.0603. The molecule has 0 spiro atoms. The van der Waals surface area contributed by atoms with Gasteiger partial charge in [-0.15, -0.1) is 0 Å². The van der Waals surface area contributed by atoms with E-state index in [1.807, 2.05) is 24.5 Å². The second-order valence-electron chi connectivity index (χ2n) is 6.57. The van der Waals surface area contributed by atoms with Crippen LogP contribution in [-0.4, -0.2) is 42.7 Å². The average molecular weight is 382 g/mol. The van der Waals surface area contributed by atoms with Crippen LogP contribution in [0.4, 0.5) is 4.39 Å². The van der Waals surface area contributed by atoms with E-state index in [1.165, 1.54) is 6.07 Å². The number of aromatic amines is 1. The van der Waals surface area contributed by atoms with Crippen LogP contribution in [0.15, 0.2) is 24.8 Å². The minimum atomic E-state index is -0.315. The first kappa shape index (κ1) is 18.5. The Morgan fingerprint density at radius 1 is 1.21 bits per heavy atom. The third-order valence-electron chi connectivity index (χ3n) is 4.82. The molecule has 1 atom stereocenters. The van der Waals surface area contributed by atoms with Gasteiger partial charge in [0.25, 0.3) is 0 Å². The molecule has 1 N–H and O–H groups in total. The first-order valence-corrected chi connectivity index (χ1v) is 9.62. The van der Waals surface area contributed by atoms with Crippen molar-refractivity contribution < 1.29 is 9.13 Å². The van der Waals surface area contributed by atoms with Crippen molar-refractivity contribution in [2.24, 2.45) is 0 Å². The van der Waals surface area contributed by atoms with Crippen molar-refractivity contribution in [3.63, 3.8) is 0 Å². The Labute approximate surface area is 162 Å². The Balaban J connectivity index is 0.000000932. The number of fused-ring (bicyclic) bond motifs is 2. The number of aromatic nitrogens is 6. The Morgan fingerprint density at radius 2 is 2.07 bits per heavy atom. The lowest BCUT2D eigenvalue weighted by Gasteiger charge is -2.24. The van der Waals surface area contributed by atoms with Gasteiger partial charge in [0.1, 0.15) is 22.7 Å². The summed E-state index contributed by atoms with van der Waals surface area (Å²) in [6.07, 6.45) is 5.21. The molecule has 28 heavy (non-hydrogen) atoms. The van der Waals surface area contributed by atoms with Crippen LogP contribution in [0.2, 0.25) is 0 Å². The van der Waals surface area contributed by atoms with E-state index < -0.39 is 0 Å². The molecule has 5 rings (SSSR count). The molecule has 1 unspecified atom stereocenters. The highest BCUT2D eigenvalue weighted by molar-refractivity contribution is 5.90. The van der Waals surface area contributed by atoms with E-state index in [0.29, 0.717) is 45.9 Å². The smallest absolute Gasteiger partial charge is 0.181 e. The quantitative estimate of drug-likeness (QED) is 0.562. The number of hydrogen-bond donors (Lipinski definition) is 1. The molecule has 0 bridgehead atoms. The topological polar surface area (TPSA) is 81.5 Å². The van der Waals surface area contributed by atoms with Crippen LogP contribution < -0.4 is 0 Å². The van der Waals surface area contributed by atoms with Crippen molar-refractivity contribution in [1.82, 2.24) is 29.5 Å². The van der Waals surface area contributed by atoms with Gasteiger partial charge in [0.2, 0.25) is 0 Å². The number of nitrogens with zero attached hydrogens (tertiary/aromatic N) is 5. The number of imidazole rings is 2. The fourth-order valence-electron chi connectivity index (χ4n) is 3.63. The van der Waals surface area contributed by atoms with Crippen molar-refractivity contribution in [2.75, 3.05) is 13.2 Å². The van der Waals surface area contributed by atoms with Crippen molar-refractivity contribution >= 4 is 22.2 Å². The molecule has 3 aromatic heterocycles. The van der Waals surface area contributed by atoms with E-state index in [4.69, 9.17) is 4.74 Å². The number of nitrogens with one attached hydrogen (secondary N) is 1. The molecule has 0 amide bonds. The predicted octanol–water partition coefficient (Wildman–Crippen LogP) is 4.19. The number of hydrogen-bond acceptors (Lipinski definition) is 5. The average Bonchev–Trinajstić information content (AvgIpc) is 3.36. The highest BCUT2D eigenvalue weighted by Gasteiger charge is 2.21. The molecule has 4 aromatic rings. The monoisotopic (exact) mass is 382 g/mol. The Kier molecular flexibility index (Phi) is 5.04. The normalized spacial score (nSPS) is 16.9. The van der Waals surface area contributed by atoms with Gasteiger partial charge in [-0.2, -0.15) is 0 Å². The van der Waals surface area contributed by atoms with Gasteiger partial charge in [-0.3, -0.25) is 0 Å². The largest absolute Gasteiger partial charge is 0.379 e. The van der Waals surface area contributed by atoms with E-state index >= 15 is 4.39 Å². The van der Waals surface area contributed by atoms with Crippen LogP contribution in [0.5, 0.6) is 0 Å². The maximum atomic E-state index is 15.0. The molecular weight excluding hydrogens is 359 g/mol. The van der Waals surface area contributed by atoms with Crippen LogP contribution in [0.1, 0.15) is 38.6 Å². The summed E-state index contributed by atoms with van der Waals surface area (Å²) in [6.45, 7) is 7.15. The minimum Gasteiger partial charge on any atom is -0.379 e. The highest BCUT2D eigenvalue weighted by Crippen LogP contribution is 2.31. The number of ether oxygens (including phenoxy) is 1. The number of H-pyrrole nitrogens is 1. The maximum absolute atomic E-state index is 15.0. The van der Waals surface area contributed by atoms with Crippen molar-refractivity contribution in [2.45, 2.75) is 39.7 Å². The van der Waals surface area contributed by atoms with Gasteiger partial charge < -0.3 is 14.3 Å². The van der Waals surface area contributed by atoms with Gasteiger partial charge >= 0.3 is 0 Å². The summed E-state index contributed by atoms with van der Waals surface area (Å²) >= 11 is 0. The van der Waals surface area contributed by atoms with E-state index in [-0.39, 0.29) is 11.9 Å². The molecule has 1 aromatic carbocycles. The van der Waals surface area contributed by atoms with Crippen molar-refractivity contribution in [3.05, 3.63) is 36.4 Å². The summed E-state index contributed by atoms with van der Waals surface area (Å²) in [6, 6.07) is 3.49. The minimum absolute atomic E-state index is 0.120. The lowest BCUT2D eigenvalue weighted by Crippen LogP contribution is -2.20. The zero-order chi connectivity index (χ0) is 19.7. The molecule has 0 radical (unpaired) electrons. The summed E-state index contributed by atoms with van der Waals surface area (Å²) in [5, 5.41) is 0. The fraction of sp³-hybridized carbons (Fsp3) is 0.400. The van der Waals surface area contributed by atoms with Crippen LogP contribution in [0.25, 0.3) is 33.5 Å². The highest BCUT2D eigenvalue weighted by atomic mass is 19.1. The first-order chi connectivity index (χ1) is 13.7. The van der Waals surface area contributed by atoms with E-state index in [0.717, 1.165) is 19.4 Å².